The number of para-hydroxylation sites is 1. The summed E-state index contributed by atoms with van der Waals surface area (Å²) in [4.78, 5) is 0. The molecule has 0 radical (unpaired) electrons. The average molecular weight is 432 g/mol. The Morgan fingerprint density at radius 3 is 2.62 bits per heavy atom. The fourth-order valence-corrected chi connectivity index (χ4v) is 4.24. The van der Waals surface area contributed by atoms with Gasteiger partial charge in [-0.25, -0.2) is 0 Å². The molecule has 3 aromatic rings. The first-order valence-electron chi connectivity index (χ1n) is 9.34. The zero-order chi connectivity index (χ0) is 20.2. The molecule has 0 aliphatic heterocycles. The zero-order valence-electron chi connectivity index (χ0n) is 16.3. The molecule has 4 rings (SSSR count). The van der Waals surface area contributed by atoms with E-state index >= 15 is 0 Å². The molecule has 8 heteroatoms. The van der Waals surface area contributed by atoms with Crippen LogP contribution in [0, 0.1) is 0 Å². The van der Waals surface area contributed by atoms with Gasteiger partial charge in [0.2, 0.25) is 0 Å². The Balaban J connectivity index is 1.50. The first-order chi connectivity index (χ1) is 14.2. The highest BCUT2D eigenvalue weighted by molar-refractivity contribution is 7.98. The van der Waals surface area contributed by atoms with Gasteiger partial charge in [0, 0.05) is 17.4 Å². The second kappa shape index (κ2) is 8.97. The van der Waals surface area contributed by atoms with Crippen molar-refractivity contribution >= 4 is 23.4 Å². The summed E-state index contributed by atoms with van der Waals surface area (Å²) >= 11 is 7.82. The second-order valence-corrected chi connectivity index (χ2v) is 8.04. The molecule has 29 heavy (non-hydrogen) atoms. The lowest BCUT2D eigenvalue weighted by atomic mass is 10.2. The molecule has 2 aromatic carbocycles. The van der Waals surface area contributed by atoms with Crippen LogP contribution in [-0.4, -0.2) is 29.0 Å². The molecule has 0 atom stereocenters. The maximum atomic E-state index is 6.19. The summed E-state index contributed by atoms with van der Waals surface area (Å²) in [5.41, 5.74) is 1.05. The van der Waals surface area contributed by atoms with E-state index in [0.717, 1.165) is 40.9 Å². The highest BCUT2D eigenvalue weighted by atomic mass is 35.5. The molecule has 0 N–H and O–H groups in total. The molecule has 0 bridgehead atoms. The van der Waals surface area contributed by atoms with E-state index < -0.39 is 0 Å². The largest absolute Gasteiger partial charge is 0.497 e. The van der Waals surface area contributed by atoms with Gasteiger partial charge >= 0.3 is 0 Å². The van der Waals surface area contributed by atoms with Crippen LogP contribution in [0.3, 0.4) is 0 Å². The SMILES string of the molecule is COc1ccc(OC)c(CSc2nnc(COc3ccccc3Cl)n2C2CC2)c1. The summed E-state index contributed by atoms with van der Waals surface area (Å²) in [6.07, 6.45) is 2.26. The van der Waals surface area contributed by atoms with Crippen LogP contribution in [0.25, 0.3) is 0 Å². The Morgan fingerprint density at radius 1 is 1.07 bits per heavy atom. The molecule has 6 nitrogen and oxygen atoms in total. The molecule has 1 aliphatic rings. The van der Waals surface area contributed by atoms with Crippen LogP contribution in [0.5, 0.6) is 17.2 Å². The van der Waals surface area contributed by atoms with Gasteiger partial charge in [0.15, 0.2) is 11.0 Å². The molecule has 152 valence electrons. The summed E-state index contributed by atoms with van der Waals surface area (Å²) < 4.78 is 18.9. The minimum absolute atomic E-state index is 0.330. The van der Waals surface area contributed by atoms with E-state index in [1.165, 1.54) is 0 Å². The molecule has 1 saturated carbocycles. The maximum absolute atomic E-state index is 6.19. The van der Waals surface area contributed by atoms with Crippen LogP contribution in [0.1, 0.15) is 30.3 Å². The van der Waals surface area contributed by atoms with Gasteiger partial charge in [-0.1, -0.05) is 35.5 Å². The predicted octanol–water partition coefficient (Wildman–Crippen LogP) is 5.15. The van der Waals surface area contributed by atoms with Crippen molar-refractivity contribution in [1.82, 2.24) is 14.8 Å². The molecule has 1 fully saturated rings. The fourth-order valence-electron chi connectivity index (χ4n) is 3.04. The van der Waals surface area contributed by atoms with Crippen LogP contribution >= 0.6 is 23.4 Å². The minimum Gasteiger partial charge on any atom is -0.497 e. The Kier molecular flexibility index (Phi) is 6.16. The van der Waals surface area contributed by atoms with E-state index in [4.69, 9.17) is 25.8 Å². The Bertz CT molecular complexity index is 991. The van der Waals surface area contributed by atoms with Crippen molar-refractivity contribution in [3.63, 3.8) is 0 Å². The van der Waals surface area contributed by atoms with Gasteiger partial charge in [0.25, 0.3) is 0 Å². The second-order valence-electron chi connectivity index (χ2n) is 6.69. The lowest BCUT2D eigenvalue weighted by molar-refractivity contribution is 0.288. The molecule has 0 spiro atoms. The lowest BCUT2D eigenvalue weighted by Gasteiger charge is -2.12. The Hall–Kier alpha value is -2.38. The number of rotatable bonds is 9. The van der Waals surface area contributed by atoms with Crippen molar-refractivity contribution in [2.75, 3.05) is 14.2 Å². The number of aromatic nitrogens is 3. The van der Waals surface area contributed by atoms with Gasteiger partial charge in [-0.15, -0.1) is 10.2 Å². The van der Waals surface area contributed by atoms with Crippen LogP contribution in [-0.2, 0) is 12.4 Å². The number of halogens is 1. The normalized spacial score (nSPS) is 13.3. The van der Waals surface area contributed by atoms with Crippen molar-refractivity contribution < 1.29 is 14.2 Å². The summed E-state index contributed by atoms with van der Waals surface area (Å²) in [5, 5.41) is 10.3. The van der Waals surface area contributed by atoms with Crippen LogP contribution in [0.2, 0.25) is 5.02 Å². The van der Waals surface area contributed by atoms with E-state index in [1.807, 2.05) is 42.5 Å². The predicted molar refractivity (Wildman–Crippen MR) is 113 cm³/mol. The third-order valence-electron chi connectivity index (χ3n) is 4.68. The Morgan fingerprint density at radius 2 is 1.90 bits per heavy atom. The maximum Gasteiger partial charge on any atom is 0.191 e. The number of hydrogen-bond acceptors (Lipinski definition) is 6. The molecule has 0 amide bonds. The van der Waals surface area contributed by atoms with Gasteiger partial charge in [-0.3, -0.25) is 4.57 Å². The first kappa shape index (κ1) is 19.9. The Labute approximate surface area is 179 Å². The first-order valence-corrected chi connectivity index (χ1v) is 10.7. The molecular formula is C21H22ClN3O3S. The van der Waals surface area contributed by atoms with Crippen molar-refractivity contribution in [3.8, 4) is 17.2 Å². The van der Waals surface area contributed by atoms with Gasteiger partial charge in [-0.2, -0.15) is 0 Å². The van der Waals surface area contributed by atoms with Gasteiger partial charge in [-0.05, 0) is 43.2 Å². The number of methoxy groups -OCH3 is 2. The zero-order valence-corrected chi connectivity index (χ0v) is 17.9. The molecule has 1 aliphatic carbocycles. The van der Waals surface area contributed by atoms with Gasteiger partial charge in [0.05, 0.1) is 19.2 Å². The summed E-state index contributed by atoms with van der Waals surface area (Å²) in [6, 6.07) is 13.7. The highest BCUT2D eigenvalue weighted by Gasteiger charge is 2.30. The molecule has 1 heterocycles. The van der Waals surface area contributed by atoms with Crippen LogP contribution < -0.4 is 14.2 Å². The van der Waals surface area contributed by atoms with Crippen molar-refractivity contribution in [3.05, 3.63) is 58.9 Å². The van der Waals surface area contributed by atoms with E-state index in [1.54, 1.807) is 26.0 Å². The fraction of sp³-hybridized carbons (Fsp3) is 0.333. The smallest absolute Gasteiger partial charge is 0.191 e. The van der Waals surface area contributed by atoms with E-state index in [0.29, 0.717) is 29.2 Å². The number of nitrogens with zero attached hydrogens (tertiary/aromatic N) is 3. The number of benzene rings is 2. The summed E-state index contributed by atoms with van der Waals surface area (Å²) in [6.45, 7) is 0.330. The highest BCUT2D eigenvalue weighted by Crippen LogP contribution is 2.40. The van der Waals surface area contributed by atoms with E-state index in [-0.39, 0.29) is 0 Å². The minimum atomic E-state index is 0.330. The molecule has 1 aromatic heterocycles. The van der Waals surface area contributed by atoms with E-state index in [9.17, 15) is 0 Å². The quantitative estimate of drug-likeness (QED) is 0.436. The topological polar surface area (TPSA) is 58.4 Å². The third kappa shape index (κ3) is 4.62. The van der Waals surface area contributed by atoms with Crippen molar-refractivity contribution in [2.24, 2.45) is 0 Å². The third-order valence-corrected chi connectivity index (χ3v) is 5.99. The van der Waals surface area contributed by atoms with E-state index in [2.05, 4.69) is 14.8 Å². The molecular weight excluding hydrogens is 410 g/mol. The lowest BCUT2D eigenvalue weighted by Crippen LogP contribution is -2.07. The standard InChI is InChI=1S/C21H22ClN3O3S/c1-26-16-9-10-18(27-2)14(11-16)13-29-21-24-23-20(25(21)15-7-8-15)12-28-19-6-4-3-5-17(19)22/h3-6,9-11,15H,7-8,12-13H2,1-2H3. The average Bonchev–Trinajstić information content (AvgIpc) is 3.51. The molecule has 0 unspecified atom stereocenters. The van der Waals surface area contributed by atoms with Crippen molar-refractivity contribution in [1.29, 1.82) is 0 Å². The van der Waals surface area contributed by atoms with Crippen molar-refractivity contribution in [2.45, 2.75) is 36.4 Å². The number of hydrogen-bond donors (Lipinski definition) is 0. The number of thioether (sulfide) groups is 1. The molecule has 0 saturated heterocycles. The summed E-state index contributed by atoms with van der Waals surface area (Å²) in [5.74, 6) is 3.80. The summed E-state index contributed by atoms with van der Waals surface area (Å²) in [7, 11) is 3.33. The monoisotopic (exact) mass is 431 g/mol. The van der Waals surface area contributed by atoms with Crippen LogP contribution in [0.4, 0.5) is 0 Å². The van der Waals surface area contributed by atoms with Gasteiger partial charge in [0.1, 0.15) is 23.9 Å². The van der Waals surface area contributed by atoms with Gasteiger partial charge < -0.3 is 14.2 Å². The van der Waals surface area contributed by atoms with Crippen LogP contribution in [0.15, 0.2) is 47.6 Å². The number of ether oxygens (including phenoxy) is 3.